The normalized spacial score (nSPS) is 14.7. The maximum absolute atomic E-state index is 13.2. The van der Waals surface area contributed by atoms with E-state index >= 15 is 0 Å². The van der Waals surface area contributed by atoms with Crippen LogP contribution < -0.4 is 11.1 Å². The Morgan fingerprint density at radius 1 is 1.03 bits per heavy atom. The van der Waals surface area contributed by atoms with Crippen LogP contribution in [0, 0.1) is 0 Å². The van der Waals surface area contributed by atoms with Gasteiger partial charge in [-0.1, -0.05) is 40.9 Å². The Hall–Kier alpha value is -2.93. The van der Waals surface area contributed by atoms with Crippen LogP contribution in [-0.2, 0) is 0 Å². The van der Waals surface area contributed by atoms with E-state index in [0.717, 1.165) is 46.9 Å². The first-order valence-corrected chi connectivity index (χ1v) is 10.5. The number of nitrogen functional groups attached to an aromatic ring is 1. The topological polar surface area (TPSA) is 85.8 Å². The number of aromatic nitrogens is 3. The molecule has 1 aliphatic rings. The van der Waals surface area contributed by atoms with Gasteiger partial charge in [-0.25, -0.2) is 9.97 Å². The van der Waals surface area contributed by atoms with Crippen molar-refractivity contribution in [3.8, 4) is 5.69 Å². The lowest BCUT2D eigenvalue weighted by Crippen LogP contribution is -2.33. The second-order valence-corrected chi connectivity index (χ2v) is 8.33. The van der Waals surface area contributed by atoms with Crippen molar-refractivity contribution in [2.45, 2.75) is 31.7 Å². The lowest BCUT2D eigenvalue weighted by atomic mass is 10.2. The Balaban J connectivity index is 1.74. The fourth-order valence-corrected chi connectivity index (χ4v) is 4.33. The van der Waals surface area contributed by atoms with Crippen LogP contribution in [0.2, 0.25) is 0 Å². The van der Waals surface area contributed by atoms with Crippen molar-refractivity contribution in [1.29, 1.82) is 0 Å². The van der Waals surface area contributed by atoms with Gasteiger partial charge in [0.25, 0.3) is 5.91 Å². The molecule has 1 amide bonds. The molecule has 0 spiro atoms. The minimum Gasteiger partial charge on any atom is -0.384 e. The summed E-state index contributed by atoms with van der Waals surface area (Å²) in [5, 5.41) is 3.14. The van der Waals surface area contributed by atoms with Gasteiger partial charge >= 0.3 is 0 Å². The SMILES string of the molecule is Nc1c(C(=O)NC2CCCC2)c2nc3ccccc3nc2n1-c1ccc(Br)cc1. The van der Waals surface area contributed by atoms with Crippen LogP contribution in [-0.4, -0.2) is 26.5 Å². The molecular formula is C22H20BrN5O. The van der Waals surface area contributed by atoms with Gasteiger partial charge in [-0.2, -0.15) is 0 Å². The van der Waals surface area contributed by atoms with Crippen molar-refractivity contribution in [2.24, 2.45) is 0 Å². The summed E-state index contributed by atoms with van der Waals surface area (Å²) in [7, 11) is 0. The lowest BCUT2D eigenvalue weighted by Gasteiger charge is -2.12. The highest BCUT2D eigenvalue weighted by Gasteiger charge is 2.27. The molecule has 0 bridgehead atoms. The van der Waals surface area contributed by atoms with E-state index in [0.29, 0.717) is 22.5 Å². The van der Waals surface area contributed by atoms with Gasteiger partial charge in [0.15, 0.2) is 5.65 Å². The molecule has 5 rings (SSSR count). The molecule has 0 radical (unpaired) electrons. The minimum atomic E-state index is -0.181. The molecular weight excluding hydrogens is 430 g/mol. The largest absolute Gasteiger partial charge is 0.384 e. The van der Waals surface area contributed by atoms with Crippen molar-refractivity contribution in [1.82, 2.24) is 19.9 Å². The zero-order chi connectivity index (χ0) is 20.0. The number of anilines is 1. The lowest BCUT2D eigenvalue weighted by molar-refractivity contribution is 0.0940. The van der Waals surface area contributed by atoms with Gasteiger partial charge in [-0.3, -0.25) is 9.36 Å². The van der Waals surface area contributed by atoms with Crippen LogP contribution in [0.3, 0.4) is 0 Å². The molecule has 1 fully saturated rings. The molecule has 0 unspecified atom stereocenters. The van der Waals surface area contributed by atoms with Crippen LogP contribution in [0.5, 0.6) is 0 Å². The van der Waals surface area contributed by atoms with E-state index in [-0.39, 0.29) is 11.9 Å². The summed E-state index contributed by atoms with van der Waals surface area (Å²) in [5.41, 5.74) is 10.4. The number of amides is 1. The molecule has 146 valence electrons. The van der Waals surface area contributed by atoms with Crippen molar-refractivity contribution >= 4 is 49.9 Å². The molecule has 1 saturated carbocycles. The quantitative estimate of drug-likeness (QED) is 0.478. The number of benzene rings is 2. The van der Waals surface area contributed by atoms with Crippen LogP contribution >= 0.6 is 15.9 Å². The Bertz CT molecular complexity index is 1230. The van der Waals surface area contributed by atoms with Crippen LogP contribution in [0.1, 0.15) is 36.0 Å². The summed E-state index contributed by atoms with van der Waals surface area (Å²) in [4.78, 5) is 22.8. The third kappa shape index (κ3) is 3.15. The highest BCUT2D eigenvalue weighted by Crippen LogP contribution is 2.32. The van der Waals surface area contributed by atoms with E-state index < -0.39 is 0 Å². The van der Waals surface area contributed by atoms with Gasteiger partial charge < -0.3 is 11.1 Å². The molecule has 29 heavy (non-hydrogen) atoms. The Morgan fingerprint density at radius 3 is 2.38 bits per heavy atom. The monoisotopic (exact) mass is 449 g/mol. The second-order valence-electron chi connectivity index (χ2n) is 7.41. The van der Waals surface area contributed by atoms with Crippen LogP contribution in [0.25, 0.3) is 27.9 Å². The fraction of sp³-hybridized carbons (Fsp3) is 0.227. The summed E-state index contributed by atoms with van der Waals surface area (Å²) in [6.45, 7) is 0. The predicted octanol–water partition coefficient (Wildman–Crippen LogP) is 4.59. The highest BCUT2D eigenvalue weighted by atomic mass is 79.9. The molecule has 3 N–H and O–H groups in total. The summed E-state index contributed by atoms with van der Waals surface area (Å²) < 4.78 is 2.78. The van der Waals surface area contributed by atoms with Crippen molar-refractivity contribution in [3.05, 3.63) is 58.6 Å². The first-order valence-electron chi connectivity index (χ1n) is 9.75. The molecule has 0 atom stereocenters. The molecule has 4 aromatic rings. The van der Waals surface area contributed by atoms with E-state index in [1.165, 1.54) is 0 Å². The zero-order valence-electron chi connectivity index (χ0n) is 15.7. The molecule has 2 heterocycles. The van der Waals surface area contributed by atoms with E-state index in [1.54, 1.807) is 0 Å². The van der Waals surface area contributed by atoms with Gasteiger partial charge in [0, 0.05) is 16.2 Å². The first-order chi connectivity index (χ1) is 14.1. The summed E-state index contributed by atoms with van der Waals surface area (Å²) in [6.07, 6.45) is 4.30. The van der Waals surface area contributed by atoms with E-state index in [2.05, 4.69) is 21.2 Å². The van der Waals surface area contributed by atoms with Gasteiger partial charge in [0.1, 0.15) is 16.9 Å². The van der Waals surface area contributed by atoms with Crippen molar-refractivity contribution < 1.29 is 4.79 Å². The molecule has 6 nitrogen and oxygen atoms in total. The van der Waals surface area contributed by atoms with Crippen molar-refractivity contribution in [2.75, 3.05) is 5.73 Å². The van der Waals surface area contributed by atoms with Crippen LogP contribution in [0.15, 0.2) is 53.0 Å². The number of carbonyl (C=O) groups excluding carboxylic acids is 1. The minimum absolute atomic E-state index is 0.181. The Morgan fingerprint density at radius 2 is 1.69 bits per heavy atom. The number of fused-ring (bicyclic) bond motifs is 2. The number of nitrogens with one attached hydrogen (secondary N) is 1. The molecule has 7 heteroatoms. The van der Waals surface area contributed by atoms with E-state index in [9.17, 15) is 4.79 Å². The molecule has 2 aromatic carbocycles. The fourth-order valence-electron chi connectivity index (χ4n) is 4.06. The number of carbonyl (C=O) groups is 1. The Labute approximate surface area is 176 Å². The zero-order valence-corrected chi connectivity index (χ0v) is 17.3. The average Bonchev–Trinajstić information content (AvgIpc) is 3.32. The van der Waals surface area contributed by atoms with Gasteiger partial charge in [0.05, 0.1) is 11.0 Å². The number of nitrogens with two attached hydrogens (primary N) is 1. The molecule has 0 saturated heterocycles. The molecule has 2 aromatic heterocycles. The third-order valence-electron chi connectivity index (χ3n) is 5.50. The highest BCUT2D eigenvalue weighted by molar-refractivity contribution is 9.10. The summed E-state index contributed by atoms with van der Waals surface area (Å²) >= 11 is 3.46. The predicted molar refractivity (Wildman–Crippen MR) is 118 cm³/mol. The average molecular weight is 450 g/mol. The second kappa shape index (κ2) is 7.15. The van der Waals surface area contributed by atoms with E-state index in [1.807, 2.05) is 53.1 Å². The van der Waals surface area contributed by atoms with Gasteiger partial charge in [-0.15, -0.1) is 0 Å². The molecule has 0 aliphatic heterocycles. The maximum Gasteiger partial charge on any atom is 0.257 e. The van der Waals surface area contributed by atoms with Gasteiger partial charge in [-0.05, 0) is 49.2 Å². The van der Waals surface area contributed by atoms with Crippen molar-refractivity contribution in [3.63, 3.8) is 0 Å². The number of rotatable bonds is 3. The number of hydrogen-bond acceptors (Lipinski definition) is 4. The summed E-state index contributed by atoms with van der Waals surface area (Å²) in [6, 6.07) is 15.6. The Kier molecular flexibility index (Phi) is 4.47. The van der Waals surface area contributed by atoms with E-state index in [4.69, 9.17) is 15.7 Å². The first kappa shape index (κ1) is 18.1. The number of hydrogen-bond donors (Lipinski definition) is 2. The number of para-hydroxylation sites is 2. The van der Waals surface area contributed by atoms with Gasteiger partial charge in [0.2, 0.25) is 0 Å². The number of halogens is 1. The smallest absolute Gasteiger partial charge is 0.257 e. The summed E-state index contributed by atoms with van der Waals surface area (Å²) in [5.74, 6) is 0.174. The third-order valence-corrected chi connectivity index (χ3v) is 6.03. The number of nitrogens with zero attached hydrogens (tertiary/aromatic N) is 3. The maximum atomic E-state index is 13.2. The molecule has 1 aliphatic carbocycles. The van der Waals surface area contributed by atoms with Crippen LogP contribution in [0.4, 0.5) is 5.82 Å². The standard InChI is InChI=1S/C22H20BrN5O/c23-13-9-11-15(12-10-13)28-20(24)18(22(29)25-14-5-1-2-6-14)19-21(28)27-17-8-4-3-7-16(17)26-19/h3-4,7-12,14H,1-2,5-6,24H2,(H,25,29).